The van der Waals surface area contributed by atoms with Crippen molar-refractivity contribution in [2.75, 3.05) is 38.7 Å². The first-order chi connectivity index (χ1) is 13.6. The van der Waals surface area contributed by atoms with E-state index in [1.54, 1.807) is 14.2 Å². The number of nitrogens with one attached hydrogen (secondary N) is 2. The second kappa shape index (κ2) is 9.64. The first-order valence-electron chi connectivity index (χ1n) is 9.44. The lowest BCUT2D eigenvalue weighted by Crippen LogP contribution is -2.44. The van der Waals surface area contributed by atoms with Crippen LogP contribution in [0.2, 0.25) is 5.02 Å². The van der Waals surface area contributed by atoms with Gasteiger partial charge in [0.15, 0.2) is 11.8 Å². The molecule has 0 aliphatic carbocycles. The van der Waals surface area contributed by atoms with E-state index in [0.717, 1.165) is 56.3 Å². The maximum Gasteiger partial charge on any atom is 0.226 e. The minimum absolute atomic E-state index is 0.300. The average molecular weight is 407 g/mol. The third-order valence-electron chi connectivity index (χ3n) is 4.66. The number of aryl methyl sites for hydroxylation is 2. The smallest absolute Gasteiger partial charge is 0.226 e. The molecule has 2 aromatic rings. The van der Waals surface area contributed by atoms with Crippen LogP contribution in [0.15, 0.2) is 27.7 Å². The van der Waals surface area contributed by atoms with Crippen molar-refractivity contribution in [3.05, 3.63) is 34.9 Å². The van der Waals surface area contributed by atoms with Crippen molar-refractivity contribution in [2.45, 2.75) is 32.2 Å². The van der Waals surface area contributed by atoms with Crippen molar-refractivity contribution in [3.63, 3.8) is 0 Å². The van der Waals surface area contributed by atoms with Gasteiger partial charge in [0.05, 0.1) is 12.8 Å². The number of nitrogens with zero attached hydrogens (tertiary/aromatic N) is 4. The Balaban J connectivity index is 1.46. The van der Waals surface area contributed by atoms with Crippen LogP contribution in [0.3, 0.4) is 0 Å². The SMILES string of the molecule is CN=C(NCCCc1nc(C)no1)NC1CCN(c2cc(Cl)ccc2OC)C1. The number of ether oxygens (including phenoxy) is 1. The summed E-state index contributed by atoms with van der Waals surface area (Å²) >= 11 is 6.17. The van der Waals surface area contributed by atoms with Gasteiger partial charge >= 0.3 is 0 Å². The van der Waals surface area contributed by atoms with Gasteiger partial charge in [0, 0.05) is 44.2 Å². The molecule has 1 aliphatic heterocycles. The standard InChI is InChI=1S/C19H27ClN6O2/c1-13-23-18(28-25-13)5-4-9-22-19(21-2)24-15-8-10-26(12-15)16-11-14(20)6-7-17(16)27-3/h6-7,11,15H,4-5,8-10,12H2,1-3H3,(H2,21,22,24). The Morgan fingerprint density at radius 3 is 3.04 bits per heavy atom. The van der Waals surface area contributed by atoms with E-state index < -0.39 is 0 Å². The van der Waals surface area contributed by atoms with Crippen molar-refractivity contribution < 1.29 is 9.26 Å². The van der Waals surface area contributed by atoms with E-state index in [-0.39, 0.29) is 0 Å². The number of aromatic nitrogens is 2. The molecule has 0 bridgehead atoms. The fourth-order valence-electron chi connectivity index (χ4n) is 3.28. The van der Waals surface area contributed by atoms with E-state index in [1.165, 1.54) is 0 Å². The topological polar surface area (TPSA) is 87.8 Å². The average Bonchev–Trinajstić information content (AvgIpc) is 3.33. The van der Waals surface area contributed by atoms with Crippen molar-refractivity contribution in [1.82, 2.24) is 20.8 Å². The number of aliphatic imine (C=N–C) groups is 1. The van der Waals surface area contributed by atoms with Crippen LogP contribution < -0.4 is 20.3 Å². The number of methoxy groups -OCH3 is 1. The fraction of sp³-hybridized carbons (Fsp3) is 0.526. The van der Waals surface area contributed by atoms with Crippen LogP contribution in [-0.4, -0.2) is 55.9 Å². The minimum atomic E-state index is 0.300. The molecule has 152 valence electrons. The summed E-state index contributed by atoms with van der Waals surface area (Å²) in [4.78, 5) is 10.8. The van der Waals surface area contributed by atoms with Crippen LogP contribution in [0.1, 0.15) is 24.6 Å². The Hall–Kier alpha value is -2.48. The van der Waals surface area contributed by atoms with E-state index in [4.69, 9.17) is 20.9 Å². The van der Waals surface area contributed by atoms with Crippen LogP contribution in [0.25, 0.3) is 0 Å². The molecule has 1 aromatic heterocycles. The van der Waals surface area contributed by atoms with E-state index in [1.807, 2.05) is 25.1 Å². The van der Waals surface area contributed by atoms with E-state index in [2.05, 4.69) is 30.7 Å². The Kier molecular flexibility index (Phi) is 6.97. The number of guanidine groups is 1. The van der Waals surface area contributed by atoms with E-state index in [0.29, 0.717) is 22.8 Å². The third-order valence-corrected chi connectivity index (χ3v) is 4.90. The largest absolute Gasteiger partial charge is 0.495 e. The fourth-order valence-corrected chi connectivity index (χ4v) is 3.45. The van der Waals surface area contributed by atoms with Crippen LogP contribution >= 0.6 is 11.6 Å². The summed E-state index contributed by atoms with van der Waals surface area (Å²) in [5.41, 5.74) is 1.03. The number of anilines is 1. The number of benzene rings is 1. The zero-order chi connectivity index (χ0) is 19.9. The molecule has 0 radical (unpaired) electrons. The number of hydrogen-bond donors (Lipinski definition) is 2. The molecule has 0 spiro atoms. The summed E-state index contributed by atoms with van der Waals surface area (Å²) in [7, 11) is 3.46. The molecule has 1 aliphatic rings. The molecule has 2 N–H and O–H groups in total. The number of hydrogen-bond acceptors (Lipinski definition) is 6. The maximum absolute atomic E-state index is 6.17. The summed E-state index contributed by atoms with van der Waals surface area (Å²) < 4.78 is 10.6. The highest BCUT2D eigenvalue weighted by Crippen LogP contribution is 2.33. The van der Waals surface area contributed by atoms with Gasteiger partial charge in [-0.3, -0.25) is 4.99 Å². The van der Waals surface area contributed by atoms with Crippen LogP contribution in [0.5, 0.6) is 5.75 Å². The maximum atomic E-state index is 6.17. The summed E-state index contributed by atoms with van der Waals surface area (Å²) in [6.07, 6.45) is 2.65. The quantitative estimate of drug-likeness (QED) is 0.414. The van der Waals surface area contributed by atoms with Crippen molar-refractivity contribution >= 4 is 23.2 Å². The molecule has 0 saturated carbocycles. The van der Waals surface area contributed by atoms with Gasteiger partial charge < -0.3 is 24.8 Å². The highest BCUT2D eigenvalue weighted by atomic mass is 35.5. The van der Waals surface area contributed by atoms with Crippen LogP contribution in [-0.2, 0) is 6.42 Å². The van der Waals surface area contributed by atoms with Crippen molar-refractivity contribution in [2.24, 2.45) is 4.99 Å². The van der Waals surface area contributed by atoms with Crippen molar-refractivity contribution in [3.8, 4) is 5.75 Å². The number of halogens is 1. The molecular weight excluding hydrogens is 380 g/mol. The molecule has 1 fully saturated rings. The molecule has 8 nitrogen and oxygen atoms in total. The summed E-state index contributed by atoms with van der Waals surface area (Å²) in [5, 5.41) is 11.3. The van der Waals surface area contributed by atoms with Gasteiger partial charge in [-0.2, -0.15) is 4.98 Å². The highest BCUT2D eigenvalue weighted by molar-refractivity contribution is 6.30. The second-order valence-electron chi connectivity index (χ2n) is 6.73. The van der Waals surface area contributed by atoms with Gasteiger partial charge in [-0.15, -0.1) is 0 Å². The van der Waals surface area contributed by atoms with Gasteiger partial charge in [-0.05, 0) is 38.0 Å². The van der Waals surface area contributed by atoms with Gasteiger partial charge in [-0.1, -0.05) is 16.8 Å². The Labute approximate surface area is 170 Å². The summed E-state index contributed by atoms with van der Waals surface area (Å²) in [6.45, 7) is 4.39. The zero-order valence-corrected chi connectivity index (χ0v) is 17.3. The Morgan fingerprint density at radius 2 is 2.32 bits per heavy atom. The van der Waals surface area contributed by atoms with Crippen LogP contribution in [0, 0.1) is 6.92 Å². The van der Waals surface area contributed by atoms with Gasteiger partial charge in [0.2, 0.25) is 5.89 Å². The predicted octanol–water partition coefficient (Wildman–Crippen LogP) is 2.42. The first kappa shape index (κ1) is 20.3. The molecule has 0 amide bonds. The molecule has 1 unspecified atom stereocenters. The molecule has 3 rings (SSSR count). The molecular formula is C19H27ClN6O2. The van der Waals surface area contributed by atoms with Crippen molar-refractivity contribution in [1.29, 1.82) is 0 Å². The van der Waals surface area contributed by atoms with Gasteiger partial charge in [-0.25, -0.2) is 0 Å². The molecule has 1 saturated heterocycles. The normalized spacial score (nSPS) is 17.1. The predicted molar refractivity (Wildman–Crippen MR) is 110 cm³/mol. The van der Waals surface area contributed by atoms with E-state index >= 15 is 0 Å². The lowest BCUT2D eigenvalue weighted by molar-refractivity contribution is 0.372. The number of rotatable bonds is 7. The van der Waals surface area contributed by atoms with E-state index in [9.17, 15) is 0 Å². The second-order valence-corrected chi connectivity index (χ2v) is 7.17. The molecule has 1 aromatic carbocycles. The Morgan fingerprint density at radius 1 is 1.46 bits per heavy atom. The molecule has 28 heavy (non-hydrogen) atoms. The third kappa shape index (κ3) is 5.28. The Bertz CT molecular complexity index is 809. The van der Waals surface area contributed by atoms with Gasteiger partial charge in [0.25, 0.3) is 0 Å². The summed E-state index contributed by atoms with van der Waals surface area (Å²) in [6, 6.07) is 6.00. The minimum Gasteiger partial charge on any atom is -0.495 e. The molecule has 9 heteroatoms. The van der Waals surface area contributed by atoms with Gasteiger partial charge in [0.1, 0.15) is 5.75 Å². The summed E-state index contributed by atoms with van der Waals surface area (Å²) in [5.74, 6) is 2.97. The van der Waals surface area contributed by atoms with Crippen LogP contribution in [0.4, 0.5) is 5.69 Å². The highest BCUT2D eigenvalue weighted by Gasteiger charge is 2.25. The molecule has 1 atom stereocenters. The first-order valence-corrected chi connectivity index (χ1v) is 9.81. The monoisotopic (exact) mass is 406 g/mol. The molecule has 2 heterocycles. The lowest BCUT2D eigenvalue weighted by atomic mass is 10.2. The lowest BCUT2D eigenvalue weighted by Gasteiger charge is -2.22. The zero-order valence-electron chi connectivity index (χ0n) is 16.5.